The van der Waals surface area contributed by atoms with Crippen molar-refractivity contribution in [2.45, 2.75) is 50.8 Å². The Morgan fingerprint density at radius 3 is 3.04 bits per heavy atom. The molecule has 1 aliphatic carbocycles. The van der Waals surface area contributed by atoms with Crippen LogP contribution in [0.2, 0.25) is 5.15 Å². The lowest BCUT2D eigenvalue weighted by atomic mass is 9.76. The molecule has 3 atom stereocenters. The van der Waals surface area contributed by atoms with Crippen LogP contribution in [-0.4, -0.2) is 43.8 Å². The Balaban J connectivity index is 1.50. The van der Waals surface area contributed by atoms with Crippen LogP contribution in [0.5, 0.6) is 0 Å². The summed E-state index contributed by atoms with van der Waals surface area (Å²) in [4.78, 5) is 10.9. The summed E-state index contributed by atoms with van der Waals surface area (Å²) in [5.74, 6) is 1.44. The normalized spacial score (nSPS) is 27.8. The van der Waals surface area contributed by atoms with Gasteiger partial charge in [-0.3, -0.25) is 4.90 Å². The zero-order chi connectivity index (χ0) is 16.5. The van der Waals surface area contributed by atoms with Crippen molar-refractivity contribution in [2.24, 2.45) is 5.92 Å². The molecular weight excluding hydrogens is 328 g/mol. The first-order chi connectivity index (χ1) is 11.7. The SMILES string of the molecule is O[C@@H]1CCN(Cc2nc(-c3cccnc3Cl)no2)[C@H]2CCCC[C@H]12. The van der Waals surface area contributed by atoms with Crippen molar-refractivity contribution in [1.82, 2.24) is 20.0 Å². The smallest absolute Gasteiger partial charge is 0.241 e. The minimum Gasteiger partial charge on any atom is -0.393 e. The first-order valence-corrected chi connectivity index (χ1v) is 8.96. The van der Waals surface area contributed by atoms with E-state index < -0.39 is 0 Å². The Morgan fingerprint density at radius 2 is 2.17 bits per heavy atom. The predicted octanol–water partition coefficient (Wildman–Crippen LogP) is 2.91. The second-order valence-corrected chi connectivity index (χ2v) is 7.05. The number of fused-ring (bicyclic) bond motifs is 1. The molecule has 24 heavy (non-hydrogen) atoms. The van der Waals surface area contributed by atoms with Crippen LogP contribution in [0.25, 0.3) is 11.4 Å². The fraction of sp³-hybridized carbons (Fsp3) is 0.588. The first kappa shape index (κ1) is 16.0. The summed E-state index contributed by atoms with van der Waals surface area (Å²) in [6.07, 6.45) is 6.98. The van der Waals surface area contributed by atoms with E-state index in [9.17, 15) is 5.11 Å². The second kappa shape index (κ2) is 6.78. The molecule has 1 N–H and O–H groups in total. The van der Waals surface area contributed by atoms with E-state index in [4.69, 9.17) is 16.1 Å². The Bertz CT molecular complexity index is 707. The van der Waals surface area contributed by atoms with Crippen LogP contribution in [-0.2, 0) is 6.54 Å². The molecule has 1 saturated heterocycles. The van der Waals surface area contributed by atoms with Crippen LogP contribution in [0.15, 0.2) is 22.9 Å². The highest BCUT2D eigenvalue weighted by Crippen LogP contribution is 2.36. The largest absolute Gasteiger partial charge is 0.393 e. The van der Waals surface area contributed by atoms with Gasteiger partial charge in [0, 0.05) is 24.7 Å². The lowest BCUT2D eigenvalue weighted by Gasteiger charge is -2.46. The van der Waals surface area contributed by atoms with Crippen LogP contribution in [0.4, 0.5) is 0 Å². The molecule has 2 fully saturated rings. The van der Waals surface area contributed by atoms with Gasteiger partial charge in [-0.15, -0.1) is 0 Å². The van der Waals surface area contributed by atoms with Crippen LogP contribution in [0.3, 0.4) is 0 Å². The average molecular weight is 349 g/mol. The van der Waals surface area contributed by atoms with Gasteiger partial charge in [-0.25, -0.2) is 4.98 Å². The van der Waals surface area contributed by atoms with Crippen LogP contribution in [0.1, 0.15) is 38.0 Å². The zero-order valence-corrected chi connectivity index (χ0v) is 14.2. The van der Waals surface area contributed by atoms with E-state index in [2.05, 4.69) is 20.0 Å². The zero-order valence-electron chi connectivity index (χ0n) is 13.4. The van der Waals surface area contributed by atoms with E-state index in [1.165, 1.54) is 12.8 Å². The molecule has 7 heteroatoms. The molecule has 0 unspecified atom stereocenters. The Kier molecular flexibility index (Phi) is 4.52. The van der Waals surface area contributed by atoms with Gasteiger partial charge < -0.3 is 9.63 Å². The summed E-state index contributed by atoms with van der Waals surface area (Å²) in [6.45, 7) is 1.49. The van der Waals surface area contributed by atoms with Crippen LogP contribution >= 0.6 is 11.6 Å². The number of aliphatic hydroxyl groups is 1. The third kappa shape index (κ3) is 3.06. The van der Waals surface area contributed by atoms with Gasteiger partial charge in [0.25, 0.3) is 0 Å². The second-order valence-electron chi connectivity index (χ2n) is 6.70. The van der Waals surface area contributed by atoms with E-state index >= 15 is 0 Å². The summed E-state index contributed by atoms with van der Waals surface area (Å²) in [5.41, 5.74) is 0.679. The monoisotopic (exact) mass is 348 g/mol. The molecule has 1 aliphatic heterocycles. The molecule has 2 aromatic heterocycles. The molecule has 4 rings (SSSR count). The van der Waals surface area contributed by atoms with E-state index in [-0.39, 0.29) is 6.10 Å². The molecule has 2 aromatic rings. The molecule has 0 bridgehead atoms. The van der Waals surface area contributed by atoms with Gasteiger partial charge in [0.05, 0.1) is 18.2 Å². The lowest BCUT2D eigenvalue weighted by molar-refractivity contribution is -0.0425. The topological polar surface area (TPSA) is 75.3 Å². The van der Waals surface area contributed by atoms with Crippen molar-refractivity contribution in [3.63, 3.8) is 0 Å². The van der Waals surface area contributed by atoms with Crippen LogP contribution in [0, 0.1) is 5.92 Å². The Labute approximate surface area is 145 Å². The van der Waals surface area contributed by atoms with Crippen molar-refractivity contribution in [3.05, 3.63) is 29.4 Å². The van der Waals surface area contributed by atoms with Gasteiger partial charge in [-0.1, -0.05) is 29.6 Å². The summed E-state index contributed by atoms with van der Waals surface area (Å²) in [7, 11) is 0. The van der Waals surface area contributed by atoms with Crippen molar-refractivity contribution in [1.29, 1.82) is 0 Å². The number of halogens is 1. The van der Waals surface area contributed by atoms with Crippen molar-refractivity contribution in [2.75, 3.05) is 6.54 Å². The minimum atomic E-state index is -0.168. The Morgan fingerprint density at radius 1 is 1.29 bits per heavy atom. The van der Waals surface area contributed by atoms with E-state index in [0.29, 0.717) is 40.9 Å². The highest BCUT2D eigenvalue weighted by Gasteiger charge is 2.39. The highest BCUT2D eigenvalue weighted by atomic mass is 35.5. The molecule has 128 valence electrons. The molecule has 0 radical (unpaired) electrons. The number of aromatic nitrogens is 3. The number of rotatable bonds is 3. The van der Waals surface area contributed by atoms with Crippen LogP contribution < -0.4 is 0 Å². The van der Waals surface area contributed by atoms with E-state index in [1.54, 1.807) is 12.3 Å². The van der Waals surface area contributed by atoms with Crippen molar-refractivity contribution < 1.29 is 9.63 Å². The predicted molar refractivity (Wildman–Crippen MR) is 89.3 cm³/mol. The maximum Gasteiger partial charge on any atom is 0.241 e. The average Bonchev–Trinajstić information content (AvgIpc) is 3.06. The number of hydrogen-bond acceptors (Lipinski definition) is 6. The number of aliphatic hydroxyl groups excluding tert-OH is 1. The van der Waals surface area contributed by atoms with Gasteiger partial charge in [0.1, 0.15) is 5.15 Å². The van der Waals surface area contributed by atoms with E-state index in [0.717, 1.165) is 25.8 Å². The minimum absolute atomic E-state index is 0.168. The van der Waals surface area contributed by atoms with Gasteiger partial charge in [0.15, 0.2) is 0 Å². The highest BCUT2D eigenvalue weighted by molar-refractivity contribution is 6.31. The van der Waals surface area contributed by atoms with Gasteiger partial charge in [-0.05, 0) is 31.4 Å². The maximum absolute atomic E-state index is 10.3. The summed E-state index contributed by atoms with van der Waals surface area (Å²) >= 11 is 6.10. The van der Waals surface area contributed by atoms with Crippen molar-refractivity contribution >= 4 is 11.6 Å². The molecule has 0 spiro atoms. The standard InChI is InChI=1S/C17H21ClN4O2/c18-16-12(5-3-8-19-16)17-20-15(24-21-17)10-22-9-7-14(23)11-4-1-2-6-13(11)22/h3,5,8,11,13-14,23H,1-2,4,6-7,9-10H2/t11-,13-,14+/m0/s1. The molecule has 0 amide bonds. The lowest BCUT2D eigenvalue weighted by Crippen LogP contribution is -2.52. The molecule has 0 aromatic carbocycles. The summed E-state index contributed by atoms with van der Waals surface area (Å²) in [6, 6.07) is 4.05. The van der Waals surface area contributed by atoms with Gasteiger partial charge in [-0.2, -0.15) is 4.98 Å². The van der Waals surface area contributed by atoms with Crippen molar-refractivity contribution in [3.8, 4) is 11.4 Å². The molecule has 3 heterocycles. The number of piperidine rings is 1. The summed E-state index contributed by atoms with van der Waals surface area (Å²) < 4.78 is 5.43. The number of pyridine rings is 1. The molecule has 6 nitrogen and oxygen atoms in total. The third-order valence-corrected chi connectivity index (χ3v) is 5.56. The number of likely N-dealkylation sites (tertiary alicyclic amines) is 1. The van der Waals surface area contributed by atoms with E-state index in [1.807, 2.05) is 6.07 Å². The van der Waals surface area contributed by atoms with Gasteiger partial charge >= 0.3 is 0 Å². The fourth-order valence-electron chi connectivity index (χ4n) is 4.07. The quantitative estimate of drug-likeness (QED) is 0.859. The Hall–Kier alpha value is -1.50. The van der Waals surface area contributed by atoms with Gasteiger partial charge in [0.2, 0.25) is 11.7 Å². The molecular formula is C17H21ClN4O2. The fourth-order valence-corrected chi connectivity index (χ4v) is 4.28. The maximum atomic E-state index is 10.3. The number of nitrogens with zero attached hydrogens (tertiary/aromatic N) is 4. The number of hydrogen-bond donors (Lipinski definition) is 1. The third-order valence-electron chi connectivity index (χ3n) is 5.26. The molecule has 2 aliphatic rings. The molecule has 1 saturated carbocycles. The first-order valence-electron chi connectivity index (χ1n) is 8.58. The summed E-state index contributed by atoms with van der Waals surface area (Å²) in [5, 5.41) is 14.7.